The van der Waals surface area contributed by atoms with Gasteiger partial charge in [0.05, 0.1) is 11.7 Å². The second-order valence-electron chi connectivity index (χ2n) is 5.69. The van der Waals surface area contributed by atoms with Crippen molar-refractivity contribution in [3.63, 3.8) is 0 Å². The molecular weight excluding hydrogens is 224 g/mol. The van der Waals surface area contributed by atoms with E-state index in [-0.39, 0.29) is 0 Å². The van der Waals surface area contributed by atoms with E-state index in [1.807, 2.05) is 0 Å². The second-order valence-corrected chi connectivity index (χ2v) is 5.69. The Bertz CT molecular complexity index is 445. The predicted molar refractivity (Wildman–Crippen MR) is 73.8 cm³/mol. The summed E-state index contributed by atoms with van der Waals surface area (Å²) in [6.07, 6.45) is 5.30. The van der Waals surface area contributed by atoms with Crippen molar-refractivity contribution in [2.24, 2.45) is 5.73 Å². The van der Waals surface area contributed by atoms with Gasteiger partial charge in [-0.25, -0.2) is 0 Å². The van der Waals surface area contributed by atoms with Gasteiger partial charge in [0.25, 0.3) is 0 Å². The van der Waals surface area contributed by atoms with Gasteiger partial charge in [-0.2, -0.15) is 0 Å². The first-order valence-electron chi connectivity index (χ1n) is 6.81. The van der Waals surface area contributed by atoms with Crippen LogP contribution in [0.1, 0.15) is 30.1 Å². The van der Waals surface area contributed by atoms with Crippen molar-refractivity contribution in [1.82, 2.24) is 9.88 Å². The number of likely N-dealkylation sites (tertiary alicyclic amines) is 1. The van der Waals surface area contributed by atoms with Gasteiger partial charge in [-0.3, -0.25) is 9.88 Å². The number of nitrogens with two attached hydrogens (primary N) is 1. The lowest BCUT2D eigenvalue weighted by Gasteiger charge is -2.35. The Morgan fingerprint density at radius 2 is 2.17 bits per heavy atom. The van der Waals surface area contributed by atoms with E-state index in [0.717, 1.165) is 32.4 Å². The topological polar surface area (TPSA) is 45.4 Å². The molecule has 2 aliphatic heterocycles. The summed E-state index contributed by atoms with van der Waals surface area (Å²) in [7, 11) is 4.33. The molecule has 0 aromatic carbocycles. The van der Waals surface area contributed by atoms with E-state index >= 15 is 0 Å². The Labute approximate surface area is 109 Å². The van der Waals surface area contributed by atoms with Crippen LogP contribution in [0.4, 0.5) is 5.69 Å². The Morgan fingerprint density at radius 3 is 3.00 bits per heavy atom. The fourth-order valence-electron chi connectivity index (χ4n) is 3.08. The maximum Gasteiger partial charge on any atom is 0.0596 e. The molecule has 2 atom stereocenters. The zero-order valence-electron chi connectivity index (χ0n) is 11.3. The fourth-order valence-corrected chi connectivity index (χ4v) is 3.08. The third-order valence-corrected chi connectivity index (χ3v) is 4.36. The molecule has 0 bridgehead atoms. The predicted octanol–water partition coefficient (Wildman–Crippen LogP) is 1.17. The first-order chi connectivity index (χ1) is 8.65. The second kappa shape index (κ2) is 4.52. The molecule has 4 heteroatoms. The Kier molecular flexibility index (Phi) is 2.99. The van der Waals surface area contributed by atoms with Crippen LogP contribution in [-0.4, -0.2) is 43.1 Å². The van der Waals surface area contributed by atoms with Crippen LogP contribution in [0.2, 0.25) is 0 Å². The number of aromatic nitrogens is 1. The summed E-state index contributed by atoms with van der Waals surface area (Å²) in [6.45, 7) is 2.18. The van der Waals surface area contributed by atoms with Crippen LogP contribution in [-0.2, 0) is 6.42 Å². The van der Waals surface area contributed by atoms with Crippen LogP contribution in [0.25, 0.3) is 0 Å². The molecule has 98 valence electrons. The van der Waals surface area contributed by atoms with Crippen LogP contribution in [0.5, 0.6) is 0 Å². The summed E-state index contributed by atoms with van der Waals surface area (Å²) in [5, 5.41) is 0. The van der Waals surface area contributed by atoms with Crippen LogP contribution < -0.4 is 10.6 Å². The summed E-state index contributed by atoms with van der Waals surface area (Å²) < 4.78 is 0. The van der Waals surface area contributed by atoms with Crippen LogP contribution in [0, 0.1) is 0 Å². The third kappa shape index (κ3) is 1.99. The van der Waals surface area contributed by atoms with Crippen molar-refractivity contribution in [2.45, 2.75) is 31.3 Å². The highest BCUT2D eigenvalue weighted by Gasteiger charge is 2.27. The Hall–Kier alpha value is -1.13. The number of fused-ring (bicyclic) bond motifs is 1. The molecule has 3 rings (SSSR count). The van der Waals surface area contributed by atoms with Gasteiger partial charge in [0.1, 0.15) is 0 Å². The first kappa shape index (κ1) is 11.9. The van der Waals surface area contributed by atoms with E-state index in [4.69, 9.17) is 5.73 Å². The van der Waals surface area contributed by atoms with Crippen molar-refractivity contribution in [2.75, 3.05) is 32.1 Å². The fraction of sp³-hybridized carbons (Fsp3) is 0.643. The van der Waals surface area contributed by atoms with E-state index in [0.29, 0.717) is 12.1 Å². The maximum absolute atomic E-state index is 6.10. The normalized spacial score (nSPS) is 28.5. The highest BCUT2D eigenvalue weighted by Crippen LogP contribution is 2.33. The van der Waals surface area contributed by atoms with Gasteiger partial charge in [0.2, 0.25) is 0 Å². The largest absolute Gasteiger partial charge is 0.374 e. The molecule has 0 radical (unpaired) electrons. The molecule has 4 nitrogen and oxygen atoms in total. The molecule has 0 aliphatic carbocycles. The molecule has 1 saturated heterocycles. The smallest absolute Gasteiger partial charge is 0.0596 e. The molecule has 2 aliphatic rings. The molecule has 1 fully saturated rings. The summed E-state index contributed by atoms with van der Waals surface area (Å²) in [5.41, 5.74) is 10.0. The Morgan fingerprint density at radius 1 is 1.33 bits per heavy atom. The standard InChI is InChI=1S/C14H22N4/c1-17-5-3-10-9-16-12(8-13(10)17)14-7-11(15)4-6-18(14)2/h8-9,11,14H,3-7,15H2,1-2H3. The summed E-state index contributed by atoms with van der Waals surface area (Å²) in [6, 6.07) is 2.97. The van der Waals surface area contributed by atoms with E-state index in [2.05, 4.69) is 41.1 Å². The average molecular weight is 246 g/mol. The number of rotatable bonds is 1. The van der Waals surface area contributed by atoms with Crippen LogP contribution in [0.15, 0.2) is 12.3 Å². The molecule has 2 unspecified atom stereocenters. The lowest BCUT2D eigenvalue weighted by atomic mass is 9.95. The average Bonchev–Trinajstić information content (AvgIpc) is 2.74. The van der Waals surface area contributed by atoms with E-state index in [1.165, 1.54) is 16.9 Å². The van der Waals surface area contributed by atoms with E-state index in [9.17, 15) is 0 Å². The van der Waals surface area contributed by atoms with Gasteiger partial charge in [0, 0.05) is 31.5 Å². The lowest BCUT2D eigenvalue weighted by molar-refractivity contribution is 0.168. The summed E-state index contributed by atoms with van der Waals surface area (Å²) in [4.78, 5) is 9.37. The van der Waals surface area contributed by atoms with Gasteiger partial charge < -0.3 is 10.6 Å². The molecule has 1 aromatic rings. The highest BCUT2D eigenvalue weighted by atomic mass is 15.2. The monoisotopic (exact) mass is 246 g/mol. The van der Waals surface area contributed by atoms with Gasteiger partial charge >= 0.3 is 0 Å². The van der Waals surface area contributed by atoms with Crippen molar-refractivity contribution in [3.8, 4) is 0 Å². The molecule has 0 amide bonds. The maximum atomic E-state index is 6.10. The zero-order chi connectivity index (χ0) is 12.7. The molecule has 3 heterocycles. The zero-order valence-corrected chi connectivity index (χ0v) is 11.3. The number of likely N-dealkylation sites (N-methyl/N-ethyl adjacent to an activating group) is 1. The van der Waals surface area contributed by atoms with Crippen molar-refractivity contribution in [3.05, 3.63) is 23.5 Å². The SMILES string of the molecule is CN1CCc2cnc(C3CC(N)CCN3C)cc21. The third-order valence-electron chi connectivity index (χ3n) is 4.36. The van der Waals surface area contributed by atoms with Gasteiger partial charge in [0.15, 0.2) is 0 Å². The highest BCUT2D eigenvalue weighted by molar-refractivity contribution is 5.57. The Balaban J connectivity index is 1.90. The van der Waals surface area contributed by atoms with Crippen molar-refractivity contribution >= 4 is 5.69 Å². The number of hydrogen-bond acceptors (Lipinski definition) is 4. The van der Waals surface area contributed by atoms with Gasteiger partial charge in [-0.15, -0.1) is 0 Å². The molecule has 18 heavy (non-hydrogen) atoms. The molecule has 0 saturated carbocycles. The molecule has 1 aromatic heterocycles. The number of pyridine rings is 1. The van der Waals surface area contributed by atoms with Crippen molar-refractivity contribution in [1.29, 1.82) is 0 Å². The minimum atomic E-state index is 0.319. The molecule has 2 N–H and O–H groups in total. The van der Waals surface area contributed by atoms with Gasteiger partial charge in [-0.1, -0.05) is 0 Å². The van der Waals surface area contributed by atoms with Crippen molar-refractivity contribution < 1.29 is 0 Å². The number of nitrogens with zero attached hydrogens (tertiary/aromatic N) is 3. The van der Waals surface area contributed by atoms with Gasteiger partial charge in [-0.05, 0) is 44.5 Å². The summed E-state index contributed by atoms with van der Waals surface area (Å²) >= 11 is 0. The van der Waals surface area contributed by atoms with Crippen LogP contribution >= 0.6 is 0 Å². The number of piperidine rings is 1. The number of anilines is 1. The quantitative estimate of drug-likeness (QED) is 0.808. The summed E-state index contributed by atoms with van der Waals surface area (Å²) in [5.74, 6) is 0. The minimum absolute atomic E-state index is 0.319. The minimum Gasteiger partial charge on any atom is -0.374 e. The van der Waals surface area contributed by atoms with E-state index in [1.54, 1.807) is 0 Å². The molecular formula is C14H22N4. The number of hydrogen-bond donors (Lipinski definition) is 1. The lowest BCUT2D eigenvalue weighted by Crippen LogP contribution is -2.40. The van der Waals surface area contributed by atoms with E-state index < -0.39 is 0 Å². The van der Waals surface area contributed by atoms with Crippen LogP contribution in [0.3, 0.4) is 0 Å². The molecule has 0 spiro atoms. The first-order valence-corrected chi connectivity index (χ1v) is 6.81.